The van der Waals surface area contributed by atoms with E-state index in [9.17, 15) is 18.0 Å². The zero-order valence-electron chi connectivity index (χ0n) is 12.1. The molecule has 0 aliphatic heterocycles. The minimum absolute atomic E-state index is 0.103. The second kappa shape index (κ2) is 5.91. The number of rotatable bonds is 2. The zero-order chi connectivity index (χ0) is 16.4. The molecule has 0 unspecified atom stereocenters. The predicted octanol–water partition coefficient (Wildman–Crippen LogP) is 3.98. The third-order valence-corrected chi connectivity index (χ3v) is 3.91. The van der Waals surface area contributed by atoms with Crippen molar-refractivity contribution in [3.8, 4) is 0 Å². The molecule has 5 heteroatoms. The SMILES string of the molecule is O=C(NCC1c2ccccc2C=Cc2ccccc21)C(F)(F)F. The van der Waals surface area contributed by atoms with Crippen LogP contribution in [-0.2, 0) is 4.79 Å². The number of alkyl halides is 3. The van der Waals surface area contributed by atoms with Crippen LogP contribution in [0.1, 0.15) is 28.2 Å². The Morgan fingerprint density at radius 1 is 0.913 bits per heavy atom. The molecule has 2 nitrogen and oxygen atoms in total. The smallest absolute Gasteiger partial charge is 0.347 e. The van der Waals surface area contributed by atoms with Crippen LogP contribution in [0.15, 0.2) is 48.5 Å². The van der Waals surface area contributed by atoms with Crippen LogP contribution in [0.2, 0.25) is 0 Å². The molecule has 0 aromatic heterocycles. The fraction of sp³-hybridized carbons (Fsp3) is 0.167. The summed E-state index contributed by atoms with van der Waals surface area (Å²) in [5, 5.41) is 2.01. The van der Waals surface area contributed by atoms with E-state index in [0.29, 0.717) is 0 Å². The number of nitrogens with one attached hydrogen (secondary N) is 1. The van der Waals surface area contributed by atoms with Crippen LogP contribution in [0.4, 0.5) is 13.2 Å². The monoisotopic (exact) mass is 317 g/mol. The normalized spacial score (nSPS) is 13.9. The van der Waals surface area contributed by atoms with Gasteiger partial charge in [0.2, 0.25) is 0 Å². The maximum Gasteiger partial charge on any atom is 0.471 e. The minimum atomic E-state index is -4.87. The van der Waals surface area contributed by atoms with Gasteiger partial charge in [0.25, 0.3) is 0 Å². The molecule has 0 spiro atoms. The molecule has 1 aliphatic rings. The number of amides is 1. The Kier molecular flexibility index (Phi) is 3.94. The summed E-state index contributed by atoms with van der Waals surface area (Å²) in [5.41, 5.74) is 3.68. The van der Waals surface area contributed by atoms with E-state index in [1.807, 2.05) is 66.0 Å². The summed E-state index contributed by atoms with van der Waals surface area (Å²) in [4.78, 5) is 11.2. The lowest BCUT2D eigenvalue weighted by Crippen LogP contribution is -2.39. The molecule has 0 radical (unpaired) electrons. The standard InChI is InChI=1S/C18H14F3NO/c19-18(20,21)17(23)22-11-16-14-7-3-1-5-12(14)9-10-13-6-2-4-8-15(13)16/h1-10,16H,11H2,(H,22,23). The number of hydrogen-bond acceptors (Lipinski definition) is 1. The Morgan fingerprint density at radius 3 is 1.87 bits per heavy atom. The molecule has 118 valence electrons. The van der Waals surface area contributed by atoms with Gasteiger partial charge in [-0.05, 0) is 22.3 Å². The lowest BCUT2D eigenvalue weighted by molar-refractivity contribution is -0.173. The van der Waals surface area contributed by atoms with E-state index in [4.69, 9.17) is 0 Å². The van der Waals surface area contributed by atoms with Crippen LogP contribution in [0, 0.1) is 0 Å². The van der Waals surface area contributed by atoms with Crippen molar-refractivity contribution in [1.82, 2.24) is 5.32 Å². The largest absolute Gasteiger partial charge is 0.471 e. The first-order chi connectivity index (χ1) is 11.0. The summed E-state index contributed by atoms with van der Waals surface area (Å²) in [6.07, 6.45) is -0.985. The van der Waals surface area contributed by atoms with Crippen LogP contribution in [0.25, 0.3) is 12.2 Å². The van der Waals surface area contributed by atoms with E-state index in [-0.39, 0.29) is 12.5 Å². The molecule has 1 aliphatic carbocycles. The molecule has 0 atom stereocenters. The second-order valence-corrected chi connectivity index (χ2v) is 5.35. The van der Waals surface area contributed by atoms with E-state index < -0.39 is 12.1 Å². The first-order valence-electron chi connectivity index (χ1n) is 7.18. The number of carbonyl (C=O) groups is 1. The van der Waals surface area contributed by atoms with Crippen LogP contribution in [0.5, 0.6) is 0 Å². The van der Waals surface area contributed by atoms with E-state index in [1.54, 1.807) is 0 Å². The maximum atomic E-state index is 12.5. The molecule has 0 saturated carbocycles. The number of benzene rings is 2. The highest BCUT2D eigenvalue weighted by molar-refractivity contribution is 5.82. The van der Waals surface area contributed by atoms with Crippen LogP contribution >= 0.6 is 0 Å². The van der Waals surface area contributed by atoms with Crippen molar-refractivity contribution in [2.75, 3.05) is 6.54 Å². The second-order valence-electron chi connectivity index (χ2n) is 5.35. The van der Waals surface area contributed by atoms with Crippen molar-refractivity contribution in [1.29, 1.82) is 0 Å². The van der Waals surface area contributed by atoms with Crippen LogP contribution in [-0.4, -0.2) is 18.6 Å². The molecule has 23 heavy (non-hydrogen) atoms. The highest BCUT2D eigenvalue weighted by Gasteiger charge is 2.39. The number of carbonyl (C=O) groups excluding carboxylic acids is 1. The first kappa shape index (κ1) is 15.3. The Morgan fingerprint density at radius 2 is 1.39 bits per heavy atom. The summed E-state index contributed by atoms with van der Waals surface area (Å²) in [7, 11) is 0. The molecule has 2 aromatic carbocycles. The van der Waals surface area contributed by atoms with E-state index in [1.165, 1.54) is 0 Å². The first-order valence-corrected chi connectivity index (χ1v) is 7.18. The Labute approximate surface area is 131 Å². The number of halogens is 3. The van der Waals surface area contributed by atoms with Crippen LogP contribution in [0.3, 0.4) is 0 Å². The molecule has 0 saturated heterocycles. The van der Waals surface area contributed by atoms with Crippen molar-refractivity contribution in [3.63, 3.8) is 0 Å². The average molecular weight is 317 g/mol. The van der Waals surface area contributed by atoms with Gasteiger partial charge in [0, 0.05) is 12.5 Å². The molecule has 1 N–H and O–H groups in total. The third-order valence-electron chi connectivity index (χ3n) is 3.91. The van der Waals surface area contributed by atoms with Gasteiger partial charge < -0.3 is 5.32 Å². The van der Waals surface area contributed by atoms with Crippen molar-refractivity contribution < 1.29 is 18.0 Å². The lowest BCUT2D eigenvalue weighted by Gasteiger charge is -2.21. The van der Waals surface area contributed by atoms with Crippen LogP contribution < -0.4 is 5.32 Å². The van der Waals surface area contributed by atoms with Gasteiger partial charge in [-0.2, -0.15) is 13.2 Å². The molecular formula is C18H14F3NO. The molecule has 3 rings (SSSR count). The Bertz CT molecular complexity index is 715. The van der Waals surface area contributed by atoms with Crippen molar-refractivity contribution in [2.45, 2.75) is 12.1 Å². The van der Waals surface area contributed by atoms with Gasteiger partial charge >= 0.3 is 12.1 Å². The summed E-state index contributed by atoms with van der Waals surface area (Å²) in [5.74, 6) is -2.24. The molecule has 0 fully saturated rings. The fourth-order valence-electron chi connectivity index (χ4n) is 2.82. The molecule has 1 amide bonds. The molecule has 2 aromatic rings. The van der Waals surface area contributed by atoms with Crippen molar-refractivity contribution in [3.05, 3.63) is 70.8 Å². The van der Waals surface area contributed by atoms with Gasteiger partial charge in [-0.25, -0.2) is 0 Å². The zero-order valence-corrected chi connectivity index (χ0v) is 12.1. The summed E-state index contributed by atoms with van der Waals surface area (Å²) in [6, 6.07) is 15.0. The van der Waals surface area contributed by atoms with Gasteiger partial charge in [-0.1, -0.05) is 60.7 Å². The van der Waals surface area contributed by atoms with E-state index >= 15 is 0 Å². The predicted molar refractivity (Wildman–Crippen MR) is 82.7 cm³/mol. The Balaban J connectivity index is 1.98. The summed E-state index contributed by atoms with van der Waals surface area (Å²) < 4.78 is 37.4. The van der Waals surface area contributed by atoms with Crippen molar-refractivity contribution in [2.24, 2.45) is 0 Å². The summed E-state index contributed by atoms with van der Waals surface area (Å²) in [6.45, 7) is -0.103. The summed E-state index contributed by atoms with van der Waals surface area (Å²) >= 11 is 0. The van der Waals surface area contributed by atoms with Gasteiger partial charge in [0.05, 0.1) is 0 Å². The highest BCUT2D eigenvalue weighted by Crippen LogP contribution is 2.34. The van der Waals surface area contributed by atoms with Gasteiger partial charge in [0.1, 0.15) is 0 Å². The average Bonchev–Trinajstić information content (AvgIpc) is 2.69. The van der Waals surface area contributed by atoms with Crippen molar-refractivity contribution >= 4 is 18.1 Å². The third kappa shape index (κ3) is 3.13. The lowest BCUT2D eigenvalue weighted by atomic mass is 9.87. The minimum Gasteiger partial charge on any atom is -0.347 e. The maximum absolute atomic E-state index is 12.5. The topological polar surface area (TPSA) is 29.1 Å². The van der Waals surface area contributed by atoms with E-state index in [2.05, 4.69) is 0 Å². The number of hydrogen-bond donors (Lipinski definition) is 1. The molecule has 0 heterocycles. The highest BCUT2D eigenvalue weighted by atomic mass is 19.4. The van der Waals surface area contributed by atoms with Gasteiger partial charge in [0.15, 0.2) is 0 Å². The van der Waals surface area contributed by atoms with Gasteiger partial charge in [-0.3, -0.25) is 4.79 Å². The Hall–Kier alpha value is -2.56. The van der Waals surface area contributed by atoms with Gasteiger partial charge in [-0.15, -0.1) is 0 Å². The quantitative estimate of drug-likeness (QED) is 0.892. The fourth-order valence-corrected chi connectivity index (χ4v) is 2.82. The molecule has 0 bridgehead atoms. The molecular weight excluding hydrogens is 303 g/mol. The van der Waals surface area contributed by atoms with E-state index in [0.717, 1.165) is 22.3 Å². The number of fused-ring (bicyclic) bond motifs is 2.